The summed E-state index contributed by atoms with van der Waals surface area (Å²) < 4.78 is 1.60. The predicted molar refractivity (Wildman–Crippen MR) is 65.0 cm³/mol. The molecule has 20 heavy (non-hydrogen) atoms. The fourth-order valence-corrected chi connectivity index (χ4v) is 2.43. The molecule has 0 saturated carbocycles. The van der Waals surface area contributed by atoms with Crippen molar-refractivity contribution in [3.05, 3.63) is 11.9 Å². The molecular weight excluding hydrogens is 266 g/mol. The average Bonchev–Trinajstić information content (AvgIpc) is 2.93. The van der Waals surface area contributed by atoms with Gasteiger partial charge in [-0.1, -0.05) is 5.21 Å². The number of carboxylic acid groups (broad SMARTS) is 1. The number of nitrogens with one attached hydrogen (secondary N) is 1. The molecule has 3 rings (SSSR count). The molecule has 0 bridgehead atoms. The van der Waals surface area contributed by atoms with Crippen molar-refractivity contribution in [1.29, 1.82) is 0 Å². The SMILES string of the molecule is O=C(O)[C@H]1C[C@@H](O)CN1C(=O)c1cn(C2CNC2)nn1. The van der Waals surface area contributed by atoms with E-state index in [9.17, 15) is 14.7 Å². The van der Waals surface area contributed by atoms with Crippen LogP contribution in [0, 0.1) is 0 Å². The highest BCUT2D eigenvalue weighted by atomic mass is 16.4. The molecule has 9 nitrogen and oxygen atoms in total. The number of aliphatic carboxylic acids is 1. The van der Waals surface area contributed by atoms with Gasteiger partial charge in [-0.2, -0.15) is 0 Å². The van der Waals surface area contributed by atoms with Gasteiger partial charge in [-0.05, 0) is 0 Å². The van der Waals surface area contributed by atoms with Crippen LogP contribution in [0.25, 0.3) is 0 Å². The monoisotopic (exact) mass is 281 g/mol. The molecule has 2 saturated heterocycles. The summed E-state index contributed by atoms with van der Waals surface area (Å²) in [5.74, 6) is -1.63. The summed E-state index contributed by atoms with van der Waals surface area (Å²) in [6.45, 7) is 1.56. The number of likely N-dealkylation sites (tertiary alicyclic amines) is 1. The van der Waals surface area contributed by atoms with Crippen molar-refractivity contribution in [2.45, 2.75) is 24.6 Å². The van der Waals surface area contributed by atoms with Crippen molar-refractivity contribution in [2.75, 3.05) is 19.6 Å². The second-order valence-corrected chi connectivity index (χ2v) is 5.10. The topological polar surface area (TPSA) is 121 Å². The summed E-state index contributed by atoms with van der Waals surface area (Å²) in [4.78, 5) is 24.5. The molecule has 0 spiro atoms. The lowest BCUT2D eigenvalue weighted by molar-refractivity contribution is -0.141. The van der Waals surface area contributed by atoms with Crippen molar-refractivity contribution in [3.63, 3.8) is 0 Å². The summed E-state index contributed by atoms with van der Waals surface area (Å²) in [6, 6.07) is -0.823. The lowest BCUT2D eigenvalue weighted by Gasteiger charge is -2.26. The molecule has 108 valence electrons. The Balaban J connectivity index is 1.77. The van der Waals surface area contributed by atoms with Crippen LogP contribution in [0.2, 0.25) is 0 Å². The van der Waals surface area contributed by atoms with Gasteiger partial charge in [0.15, 0.2) is 5.69 Å². The highest BCUT2D eigenvalue weighted by molar-refractivity contribution is 5.95. The highest BCUT2D eigenvalue weighted by Gasteiger charge is 2.40. The molecule has 2 atom stereocenters. The molecule has 3 N–H and O–H groups in total. The number of aromatic nitrogens is 3. The van der Waals surface area contributed by atoms with Gasteiger partial charge in [-0.3, -0.25) is 4.79 Å². The number of aliphatic hydroxyl groups is 1. The van der Waals surface area contributed by atoms with Gasteiger partial charge in [0.25, 0.3) is 5.91 Å². The first-order valence-corrected chi connectivity index (χ1v) is 6.40. The third-order valence-corrected chi connectivity index (χ3v) is 3.69. The minimum Gasteiger partial charge on any atom is -0.480 e. The van der Waals surface area contributed by atoms with Gasteiger partial charge >= 0.3 is 5.97 Å². The second kappa shape index (κ2) is 4.84. The Morgan fingerprint density at radius 1 is 1.40 bits per heavy atom. The first kappa shape index (κ1) is 13.0. The largest absolute Gasteiger partial charge is 0.480 e. The maximum atomic E-state index is 12.3. The highest BCUT2D eigenvalue weighted by Crippen LogP contribution is 2.20. The van der Waals surface area contributed by atoms with Crippen LogP contribution in [0.4, 0.5) is 0 Å². The zero-order valence-electron chi connectivity index (χ0n) is 10.6. The second-order valence-electron chi connectivity index (χ2n) is 5.10. The summed E-state index contributed by atoms with van der Waals surface area (Å²) in [5, 5.41) is 29.4. The Hall–Kier alpha value is -2.00. The van der Waals surface area contributed by atoms with Crippen LogP contribution < -0.4 is 5.32 Å². The Morgan fingerprint density at radius 2 is 2.15 bits per heavy atom. The third kappa shape index (κ3) is 2.14. The minimum absolute atomic E-state index is 0.00758. The fraction of sp³-hybridized carbons (Fsp3) is 0.636. The van der Waals surface area contributed by atoms with Gasteiger partial charge in [0, 0.05) is 26.1 Å². The number of hydrogen-bond donors (Lipinski definition) is 3. The third-order valence-electron chi connectivity index (χ3n) is 3.69. The summed E-state index contributed by atoms with van der Waals surface area (Å²) >= 11 is 0. The summed E-state index contributed by atoms with van der Waals surface area (Å²) in [5.41, 5.74) is 0.109. The molecule has 1 aromatic heterocycles. The summed E-state index contributed by atoms with van der Waals surface area (Å²) in [7, 11) is 0. The Morgan fingerprint density at radius 3 is 2.75 bits per heavy atom. The van der Waals surface area contributed by atoms with Crippen LogP contribution in [0.3, 0.4) is 0 Å². The molecule has 2 aliphatic heterocycles. The zero-order valence-corrected chi connectivity index (χ0v) is 10.6. The van der Waals surface area contributed by atoms with Gasteiger partial charge in [-0.15, -0.1) is 5.10 Å². The predicted octanol–water partition coefficient (Wildman–Crippen LogP) is -1.92. The molecule has 1 aromatic rings. The van der Waals surface area contributed by atoms with E-state index >= 15 is 0 Å². The number of amides is 1. The van der Waals surface area contributed by atoms with Crippen LogP contribution in [0.15, 0.2) is 6.20 Å². The number of carboxylic acids is 1. The smallest absolute Gasteiger partial charge is 0.326 e. The maximum Gasteiger partial charge on any atom is 0.326 e. The molecule has 9 heteroatoms. The first-order valence-electron chi connectivity index (χ1n) is 6.40. The van der Waals surface area contributed by atoms with Crippen LogP contribution in [0.1, 0.15) is 23.0 Å². The number of hydrogen-bond acceptors (Lipinski definition) is 6. The quantitative estimate of drug-likeness (QED) is 0.590. The van der Waals surface area contributed by atoms with Crippen LogP contribution in [-0.2, 0) is 4.79 Å². The molecule has 0 radical (unpaired) electrons. The van der Waals surface area contributed by atoms with E-state index in [-0.39, 0.29) is 24.7 Å². The first-order chi connectivity index (χ1) is 9.56. The van der Waals surface area contributed by atoms with E-state index in [1.165, 1.54) is 6.20 Å². The fourth-order valence-electron chi connectivity index (χ4n) is 2.43. The van der Waals surface area contributed by atoms with Crippen LogP contribution >= 0.6 is 0 Å². The summed E-state index contributed by atoms with van der Waals surface area (Å²) in [6.07, 6.45) is 0.755. The van der Waals surface area contributed by atoms with Gasteiger partial charge in [0.05, 0.1) is 18.3 Å². The van der Waals surface area contributed by atoms with Gasteiger partial charge in [0.1, 0.15) is 6.04 Å². The van der Waals surface area contributed by atoms with Gasteiger partial charge in [0.2, 0.25) is 0 Å². The molecule has 0 unspecified atom stereocenters. The van der Waals surface area contributed by atoms with Crippen molar-refractivity contribution in [1.82, 2.24) is 25.2 Å². The zero-order chi connectivity index (χ0) is 14.3. The van der Waals surface area contributed by atoms with E-state index in [4.69, 9.17) is 5.11 Å². The van der Waals surface area contributed by atoms with E-state index < -0.39 is 24.0 Å². The normalized spacial score (nSPS) is 26.6. The maximum absolute atomic E-state index is 12.3. The van der Waals surface area contributed by atoms with E-state index in [1.54, 1.807) is 4.68 Å². The van der Waals surface area contributed by atoms with E-state index in [0.29, 0.717) is 0 Å². The van der Waals surface area contributed by atoms with Gasteiger partial charge in [-0.25, -0.2) is 9.48 Å². The molecule has 2 aliphatic rings. The Bertz CT molecular complexity index is 541. The molecule has 0 aromatic carbocycles. The van der Waals surface area contributed by atoms with Crippen molar-refractivity contribution < 1.29 is 19.8 Å². The van der Waals surface area contributed by atoms with Crippen molar-refractivity contribution >= 4 is 11.9 Å². The molecule has 0 aliphatic carbocycles. The number of rotatable bonds is 3. The van der Waals surface area contributed by atoms with Gasteiger partial charge < -0.3 is 20.4 Å². The number of carbonyl (C=O) groups excluding carboxylic acids is 1. The number of carbonyl (C=O) groups is 2. The van der Waals surface area contributed by atoms with E-state index in [0.717, 1.165) is 18.0 Å². The van der Waals surface area contributed by atoms with Crippen LogP contribution in [-0.4, -0.2) is 73.8 Å². The number of nitrogens with zero attached hydrogens (tertiary/aromatic N) is 4. The minimum atomic E-state index is -1.12. The lowest BCUT2D eigenvalue weighted by atomic mass is 10.2. The van der Waals surface area contributed by atoms with E-state index in [1.807, 2.05) is 0 Å². The van der Waals surface area contributed by atoms with Crippen molar-refractivity contribution in [2.24, 2.45) is 0 Å². The molecular formula is C11H15N5O4. The van der Waals surface area contributed by atoms with E-state index in [2.05, 4.69) is 15.6 Å². The van der Waals surface area contributed by atoms with Crippen LogP contribution in [0.5, 0.6) is 0 Å². The average molecular weight is 281 g/mol. The Labute approximate surface area is 114 Å². The molecule has 1 amide bonds. The Kier molecular flexibility index (Phi) is 3.14. The number of aliphatic hydroxyl groups excluding tert-OH is 1. The number of β-amino-alcohol motifs (C(OH)–C–C–N with tert-alkyl or cyclic N) is 1. The lowest BCUT2D eigenvalue weighted by Crippen LogP contribution is -2.43. The molecule has 3 heterocycles. The standard InChI is InChI=1S/C11H15N5O4/c17-7-1-9(11(19)20)15(4-7)10(18)8-5-16(14-13-8)6-2-12-3-6/h5-7,9,12,17H,1-4H2,(H,19,20)/t7-,9-/m1/s1. The van der Waals surface area contributed by atoms with Crippen molar-refractivity contribution in [3.8, 4) is 0 Å². The molecule has 2 fully saturated rings.